The molecule has 0 N–H and O–H groups in total. The van der Waals surface area contributed by atoms with E-state index in [4.69, 9.17) is 9.97 Å². The van der Waals surface area contributed by atoms with E-state index in [0.717, 1.165) is 55.2 Å². The molecule has 0 aliphatic heterocycles. The van der Waals surface area contributed by atoms with E-state index in [9.17, 15) is 0 Å². The topological polar surface area (TPSA) is 25.8 Å². The standard InChI is InChI=1S/C80H60N2/c1-77(2)63-33-21-19-29-51(63)57-39-67-59(41-65(57)77)73-53-31-17-15-27-49(53)55(37-69(73)79(67,5)6)47-35-61-71(45-23-11-9-12-24-45)72(46-25-13-10-14-26-46)62-36-48(44-82-76(62)75(61)81-43-47)56-38-70-74(54-32-18-16-28-50(54)56)60-42-66-58(40-68(60)80(70,7)8)52-30-20-22-34-64(52)78(66,3)4/h9-44H,1-8H3. The molecule has 0 saturated heterocycles. The first kappa shape index (κ1) is 47.6. The van der Waals surface area contributed by atoms with E-state index in [2.05, 4.69) is 274 Å². The summed E-state index contributed by atoms with van der Waals surface area (Å²) in [6, 6.07) is 78.1. The molecule has 17 rings (SSSR count). The maximum absolute atomic E-state index is 5.59. The van der Waals surface area contributed by atoms with Gasteiger partial charge in [-0.1, -0.05) is 213 Å². The SMILES string of the molecule is CC1(C)c2ccccc2-c2cc3c(cc21)-c1c(cc(-c2cnc4c(c2)c(-c2ccccc2)c(-c2ccccc2)c2cc(-c5cc6c(c7ccccc57)-c5cc7c(cc5C6(C)C)-c5ccccc5C7(C)C)cnc24)c2ccccc12)C3(C)C. The lowest BCUT2D eigenvalue weighted by molar-refractivity contribution is 0.652. The van der Waals surface area contributed by atoms with E-state index in [0.29, 0.717) is 0 Å². The van der Waals surface area contributed by atoms with Gasteiger partial charge in [0.25, 0.3) is 0 Å². The van der Waals surface area contributed by atoms with Gasteiger partial charge in [0.05, 0.1) is 11.0 Å². The lowest BCUT2D eigenvalue weighted by atomic mass is 9.78. The van der Waals surface area contributed by atoms with Crippen molar-refractivity contribution in [3.05, 3.63) is 263 Å². The lowest BCUT2D eigenvalue weighted by Gasteiger charge is -2.24. The molecule has 0 bridgehead atoms. The maximum atomic E-state index is 5.59. The second-order valence-corrected chi connectivity index (χ2v) is 26.0. The second-order valence-electron chi connectivity index (χ2n) is 26.0. The summed E-state index contributed by atoms with van der Waals surface area (Å²) in [4.78, 5) is 11.2. The van der Waals surface area contributed by atoms with Gasteiger partial charge in [0.15, 0.2) is 0 Å². The summed E-state index contributed by atoms with van der Waals surface area (Å²) in [5.41, 5.74) is 32.3. The fraction of sp³-hybridized carbons (Fsp3) is 0.150. The predicted octanol–water partition coefficient (Wildman–Crippen LogP) is 21.0. The third kappa shape index (κ3) is 6.14. The van der Waals surface area contributed by atoms with Crippen LogP contribution in [0.1, 0.15) is 99.9 Å². The second kappa shape index (κ2) is 16.2. The molecule has 4 aliphatic carbocycles. The first-order valence-corrected chi connectivity index (χ1v) is 29.3. The van der Waals surface area contributed by atoms with E-state index in [1.54, 1.807) is 0 Å². The molecular weight excluding hydrogens is 989 g/mol. The first-order chi connectivity index (χ1) is 39.7. The Morgan fingerprint density at radius 3 is 0.951 bits per heavy atom. The minimum atomic E-state index is -0.244. The van der Waals surface area contributed by atoms with Crippen molar-refractivity contribution in [2.24, 2.45) is 0 Å². The number of benzene rings is 11. The van der Waals surface area contributed by atoms with Crippen LogP contribution in [0, 0.1) is 0 Å². The van der Waals surface area contributed by atoms with Crippen molar-refractivity contribution in [1.82, 2.24) is 9.97 Å². The zero-order valence-electron chi connectivity index (χ0n) is 47.7. The lowest BCUT2D eigenvalue weighted by Crippen LogP contribution is -2.17. The molecule has 2 heterocycles. The number of fused-ring (bicyclic) bond motifs is 19. The Bertz CT molecular complexity index is 4700. The Balaban J connectivity index is 0.882. The van der Waals surface area contributed by atoms with Crippen molar-refractivity contribution in [2.75, 3.05) is 0 Å². The quantitative estimate of drug-likeness (QED) is 0.164. The van der Waals surface area contributed by atoms with Gasteiger partial charge in [0, 0.05) is 56.0 Å². The molecule has 0 atom stereocenters. The van der Waals surface area contributed by atoms with Gasteiger partial charge < -0.3 is 0 Å². The Labute approximate surface area is 479 Å². The Kier molecular flexibility index (Phi) is 9.42. The molecule has 82 heavy (non-hydrogen) atoms. The molecule has 2 heteroatoms. The molecule has 0 saturated carbocycles. The van der Waals surface area contributed by atoms with Crippen LogP contribution in [0.15, 0.2) is 219 Å². The van der Waals surface area contributed by atoms with Crippen LogP contribution in [0.3, 0.4) is 0 Å². The molecule has 0 fully saturated rings. The summed E-state index contributed by atoms with van der Waals surface area (Å²) < 4.78 is 0. The van der Waals surface area contributed by atoms with Crippen molar-refractivity contribution in [3.8, 4) is 89.0 Å². The van der Waals surface area contributed by atoms with Crippen LogP contribution < -0.4 is 0 Å². The smallest absolute Gasteiger partial charge is 0.0971 e. The molecule has 11 aromatic carbocycles. The maximum Gasteiger partial charge on any atom is 0.0971 e. The number of rotatable bonds is 4. The Morgan fingerprint density at radius 2 is 0.537 bits per heavy atom. The Morgan fingerprint density at radius 1 is 0.220 bits per heavy atom. The van der Waals surface area contributed by atoms with Gasteiger partial charge in [-0.15, -0.1) is 0 Å². The number of nitrogens with zero attached hydrogens (tertiary/aromatic N) is 2. The summed E-state index contributed by atoms with van der Waals surface area (Å²) in [6.07, 6.45) is 4.24. The third-order valence-corrected chi connectivity index (χ3v) is 20.3. The minimum absolute atomic E-state index is 0.0939. The van der Waals surface area contributed by atoms with Crippen LogP contribution in [0.25, 0.3) is 132 Å². The highest BCUT2D eigenvalue weighted by atomic mass is 14.7. The third-order valence-electron chi connectivity index (χ3n) is 20.3. The fourth-order valence-corrected chi connectivity index (χ4v) is 16.1. The van der Waals surface area contributed by atoms with E-state index in [1.807, 2.05) is 0 Å². The number of hydrogen-bond acceptors (Lipinski definition) is 2. The van der Waals surface area contributed by atoms with Gasteiger partial charge in [0.1, 0.15) is 0 Å². The highest BCUT2D eigenvalue weighted by molar-refractivity contribution is 6.21. The highest BCUT2D eigenvalue weighted by Gasteiger charge is 2.45. The van der Waals surface area contributed by atoms with Crippen LogP contribution >= 0.6 is 0 Å². The van der Waals surface area contributed by atoms with Gasteiger partial charge in [-0.2, -0.15) is 0 Å². The van der Waals surface area contributed by atoms with E-state index >= 15 is 0 Å². The zero-order valence-corrected chi connectivity index (χ0v) is 47.7. The molecule has 4 aliphatic rings. The van der Waals surface area contributed by atoms with Crippen molar-refractivity contribution in [3.63, 3.8) is 0 Å². The van der Waals surface area contributed by atoms with Crippen LogP contribution in [0.2, 0.25) is 0 Å². The summed E-state index contributed by atoms with van der Waals surface area (Å²) in [6.45, 7) is 19.3. The van der Waals surface area contributed by atoms with Gasteiger partial charge >= 0.3 is 0 Å². The van der Waals surface area contributed by atoms with Crippen molar-refractivity contribution < 1.29 is 0 Å². The van der Waals surface area contributed by atoms with Gasteiger partial charge in [0.2, 0.25) is 0 Å². The highest BCUT2D eigenvalue weighted by Crippen LogP contribution is 2.61. The largest absolute Gasteiger partial charge is 0.253 e. The molecule has 390 valence electrons. The molecular formula is C80H60N2. The average molecular weight is 1050 g/mol. The molecule has 0 radical (unpaired) electrons. The molecule has 0 amide bonds. The average Bonchev–Trinajstić information content (AvgIpc) is 4.05. The van der Waals surface area contributed by atoms with Crippen LogP contribution in [-0.4, -0.2) is 9.97 Å². The van der Waals surface area contributed by atoms with Gasteiger partial charge in [-0.3, -0.25) is 9.97 Å². The number of hydrogen-bond donors (Lipinski definition) is 0. The minimum Gasteiger partial charge on any atom is -0.253 e. The van der Waals surface area contributed by atoms with Crippen LogP contribution in [0.4, 0.5) is 0 Å². The van der Waals surface area contributed by atoms with Gasteiger partial charge in [-0.05, 0) is 192 Å². The monoisotopic (exact) mass is 1050 g/mol. The molecule has 2 aromatic heterocycles. The van der Waals surface area contributed by atoms with Gasteiger partial charge in [-0.25, -0.2) is 0 Å². The molecule has 0 unspecified atom stereocenters. The van der Waals surface area contributed by atoms with Crippen LogP contribution in [-0.2, 0) is 21.7 Å². The molecule has 13 aromatic rings. The number of aromatic nitrogens is 2. The van der Waals surface area contributed by atoms with E-state index in [-0.39, 0.29) is 21.7 Å². The fourth-order valence-electron chi connectivity index (χ4n) is 16.1. The van der Waals surface area contributed by atoms with Crippen LogP contribution in [0.5, 0.6) is 0 Å². The van der Waals surface area contributed by atoms with Crippen molar-refractivity contribution >= 4 is 43.4 Å². The summed E-state index contributed by atoms with van der Waals surface area (Å²) >= 11 is 0. The zero-order chi connectivity index (χ0) is 55.3. The predicted molar refractivity (Wildman–Crippen MR) is 344 cm³/mol. The molecule has 0 spiro atoms. The number of pyridine rings is 2. The van der Waals surface area contributed by atoms with Crippen molar-refractivity contribution in [2.45, 2.75) is 77.0 Å². The summed E-state index contributed by atoms with van der Waals surface area (Å²) in [7, 11) is 0. The van der Waals surface area contributed by atoms with Crippen molar-refractivity contribution in [1.29, 1.82) is 0 Å². The summed E-state index contributed by atoms with van der Waals surface area (Å²) in [5, 5.41) is 7.18. The van der Waals surface area contributed by atoms with E-state index in [1.165, 1.54) is 122 Å². The Hall–Kier alpha value is -9.24. The molecule has 2 nitrogen and oxygen atoms in total. The normalized spacial score (nSPS) is 15.7. The van der Waals surface area contributed by atoms with E-state index < -0.39 is 0 Å². The first-order valence-electron chi connectivity index (χ1n) is 29.3. The summed E-state index contributed by atoms with van der Waals surface area (Å²) in [5.74, 6) is 0.